The lowest BCUT2D eigenvalue weighted by molar-refractivity contribution is -0.134. The van der Waals surface area contributed by atoms with E-state index < -0.39 is 30.5 Å². The van der Waals surface area contributed by atoms with Crippen molar-refractivity contribution in [1.29, 1.82) is 0 Å². The molecule has 40 heavy (non-hydrogen) atoms. The van der Waals surface area contributed by atoms with Gasteiger partial charge in [0, 0.05) is 30.8 Å². The van der Waals surface area contributed by atoms with Gasteiger partial charge in [-0.1, -0.05) is 35.6 Å². The van der Waals surface area contributed by atoms with E-state index in [9.17, 15) is 22.4 Å². The molecule has 1 aliphatic rings. The van der Waals surface area contributed by atoms with E-state index in [0.717, 1.165) is 5.69 Å². The zero-order valence-electron chi connectivity index (χ0n) is 21.4. The number of benzene rings is 1. The third-order valence-corrected chi connectivity index (χ3v) is 6.39. The zero-order valence-corrected chi connectivity index (χ0v) is 22.3. The molecule has 0 spiro atoms. The van der Waals surface area contributed by atoms with E-state index >= 15 is 0 Å². The first kappa shape index (κ1) is 29.0. The van der Waals surface area contributed by atoms with Crippen molar-refractivity contribution < 1.29 is 27.1 Å². The fourth-order valence-corrected chi connectivity index (χ4v) is 4.52. The molecule has 1 aliphatic heterocycles. The Morgan fingerprint density at radius 1 is 1.25 bits per heavy atom. The molecule has 8 nitrogen and oxygen atoms in total. The Morgan fingerprint density at radius 2 is 2.02 bits per heavy atom. The van der Waals surface area contributed by atoms with Crippen LogP contribution in [0.1, 0.15) is 30.1 Å². The summed E-state index contributed by atoms with van der Waals surface area (Å²) in [7, 11) is 1.53. The van der Waals surface area contributed by atoms with Gasteiger partial charge in [0.05, 0.1) is 18.5 Å². The van der Waals surface area contributed by atoms with E-state index in [1.807, 2.05) is 6.08 Å². The van der Waals surface area contributed by atoms with Crippen LogP contribution in [0.5, 0.6) is 0 Å². The lowest BCUT2D eigenvalue weighted by Crippen LogP contribution is -2.42. The lowest BCUT2D eigenvalue weighted by atomic mass is 10.1. The molecule has 1 atom stereocenters. The predicted molar refractivity (Wildman–Crippen MR) is 146 cm³/mol. The van der Waals surface area contributed by atoms with Gasteiger partial charge in [-0.05, 0) is 55.2 Å². The van der Waals surface area contributed by atoms with Crippen molar-refractivity contribution in [3.63, 3.8) is 0 Å². The molecule has 3 heterocycles. The van der Waals surface area contributed by atoms with Gasteiger partial charge in [-0.15, -0.1) is 5.10 Å². The molecule has 1 unspecified atom stereocenters. The van der Waals surface area contributed by atoms with Crippen LogP contribution in [0.2, 0.25) is 0 Å². The molecule has 0 saturated carbocycles. The first-order chi connectivity index (χ1) is 19.2. The lowest BCUT2D eigenvalue weighted by Gasteiger charge is -2.26. The van der Waals surface area contributed by atoms with Gasteiger partial charge in [-0.2, -0.15) is 13.2 Å². The highest BCUT2D eigenvalue weighted by atomic mass is 32.1. The summed E-state index contributed by atoms with van der Waals surface area (Å²) in [5.41, 5.74) is 1.88. The van der Waals surface area contributed by atoms with Crippen LogP contribution < -0.4 is 10.2 Å². The van der Waals surface area contributed by atoms with E-state index in [2.05, 4.69) is 20.6 Å². The van der Waals surface area contributed by atoms with Crippen molar-refractivity contribution in [2.45, 2.75) is 31.5 Å². The second-order valence-electron chi connectivity index (χ2n) is 8.93. The van der Waals surface area contributed by atoms with Crippen molar-refractivity contribution in [3.05, 3.63) is 84.2 Å². The van der Waals surface area contributed by atoms with Gasteiger partial charge >= 0.3 is 6.18 Å². The number of methoxy groups -OCH3 is 1. The predicted octanol–water partition coefficient (Wildman–Crippen LogP) is 5.31. The summed E-state index contributed by atoms with van der Waals surface area (Å²) in [6.07, 6.45) is 5.91. The molecule has 3 aromatic rings. The van der Waals surface area contributed by atoms with E-state index in [-0.39, 0.29) is 30.7 Å². The summed E-state index contributed by atoms with van der Waals surface area (Å²) in [4.78, 5) is 18.4. The fourth-order valence-electron chi connectivity index (χ4n) is 4.30. The van der Waals surface area contributed by atoms with Gasteiger partial charge in [0.25, 0.3) is 5.91 Å². The Labute approximate surface area is 233 Å². The second-order valence-corrected chi connectivity index (χ2v) is 9.37. The number of allylic oxidation sites excluding steroid dienone is 2. The van der Waals surface area contributed by atoms with Crippen LogP contribution in [0.25, 0.3) is 5.57 Å². The van der Waals surface area contributed by atoms with E-state index in [1.54, 1.807) is 36.7 Å². The molecule has 0 fully saturated rings. The Morgan fingerprint density at radius 3 is 2.75 bits per heavy atom. The van der Waals surface area contributed by atoms with Gasteiger partial charge in [0.15, 0.2) is 0 Å². The van der Waals surface area contributed by atoms with Crippen LogP contribution in [0.4, 0.5) is 28.9 Å². The number of carbonyl (C=O) groups excluding carboxylic acids is 1. The summed E-state index contributed by atoms with van der Waals surface area (Å²) in [6.45, 7) is -1.27. The summed E-state index contributed by atoms with van der Waals surface area (Å²) < 4.78 is 61.2. The molecule has 0 radical (unpaired) electrons. The number of carbonyl (C=O) groups is 1. The normalized spacial score (nSPS) is 16.2. The topological polar surface area (TPSA) is 85.2 Å². The smallest absolute Gasteiger partial charge is 0.381 e. The molecule has 0 aliphatic carbocycles. The Bertz CT molecular complexity index is 1410. The van der Waals surface area contributed by atoms with Crippen molar-refractivity contribution in [2.75, 3.05) is 30.5 Å². The Kier molecular flexibility index (Phi) is 9.38. The maximum atomic E-state index is 14.5. The highest BCUT2D eigenvalue weighted by molar-refractivity contribution is 7.81. The number of hydrogen-bond acceptors (Lipinski definition) is 6. The molecule has 1 N–H and O–H groups in total. The number of aromatic nitrogens is 4. The average molecular weight is 575 g/mol. The number of nitrogens with zero attached hydrogens (tertiary/aromatic N) is 5. The summed E-state index contributed by atoms with van der Waals surface area (Å²) in [5, 5.41) is 11.3. The summed E-state index contributed by atoms with van der Waals surface area (Å²) in [5.74, 6) is -1.50. The Balaban J connectivity index is 1.55. The molecule has 0 saturated heterocycles. The number of anilines is 2. The van der Waals surface area contributed by atoms with Gasteiger partial charge in [0.1, 0.15) is 29.1 Å². The van der Waals surface area contributed by atoms with E-state index in [4.69, 9.17) is 17.0 Å². The molecule has 1 aromatic carbocycles. The standard InChI is InChI=1S/C27H26F4N6O2S/c1-39-15-12-18(4-2-7-25(40)33-19-10-13-32-14-11-19)22-16-37(35-34-22)24-9-8-20-21(28)5-3-6-23(20)36(26(24)38)17-27(29,30)31/h2-3,5-7,10-14,16,24H,4,8-9,15,17H2,1H3,(H,32,33,40). The fraction of sp³-hybridized carbons (Fsp3) is 0.296. The number of alkyl halides is 3. The van der Waals surface area contributed by atoms with E-state index in [0.29, 0.717) is 27.6 Å². The third kappa shape index (κ3) is 7.36. The second kappa shape index (κ2) is 12.9. The number of rotatable bonds is 9. The van der Waals surface area contributed by atoms with Crippen molar-refractivity contribution >= 4 is 40.1 Å². The minimum atomic E-state index is -4.68. The molecule has 1 amide bonds. The quantitative estimate of drug-likeness (QED) is 0.211. The van der Waals surface area contributed by atoms with Crippen LogP contribution >= 0.6 is 12.2 Å². The first-order valence-electron chi connectivity index (χ1n) is 12.3. The average Bonchev–Trinajstić information content (AvgIpc) is 3.35. The highest BCUT2D eigenvalue weighted by Crippen LogP contribution is 2.35. The van der Waals surface area contributed by atoms with Crippen LogP contribution in [0.15, 0.2) is 67.2 Å². The number of hydrogen-bond donors (Lipinski definition) is 1. The SMILES string of the molecule is COCC=C(CC=CC(=S)Nc1ccncc1)c1cn(C2CCc3c(F)cccc3N(CC(F)(F)F)C2=O)nn1. The molecular weight excluding hydrogens is 548 g/mol. The zero-order chi connectivity index (χ0) is 28.7. The molecule has 13 heteroatoms. The van der Waals surface area contributed by atoms with Gasteiger partial charge in [-0.3, -0.25) is 9.78 Å². The molecule has 0 bridgehead atoms. The van der Waals surface area contributed by atoms with Crippen molar-refractivity contribution in [3.8, 4) is 0 Å². The molecular formula is C27H26F4N6O2S. The van der Waals surface area contributed by atoms with Gasteiger partial charge in [0.2, 0.25) is 0 Å². The van der Waals surface area contributed by atoms with Crippen LogP contribution in [-0.4, -0.2) is 57.3 Å². The molecule has 2 aromatic heterocycles. The number of pyridine rings is 1. The maximum Gasteiger partial charge on any atom is 0.406 e. The number of ether oxygens (including phenoxy) is 1. The number of amides is 1. The van der Waals surface area contributed by atoms with Crippen LogP contribution in [-0.2, 0) is 16.0 Å². The largest absolute Gasteiger partial charge is 0.406 e. The van der Waals surface area contributed by atoms with Crippen molar-refractivity contribution in [2.24, 2.45) is 0 Å². The maximum absolute atomic E-state index is 14.5. The van der Waals surface area contributed by atoms with Crippen LogP contribution in [0.3, 0.4) is 0 Å². The number of nitrogens with one attached hydrogen (secondary N) is 1. The Hall–Kier alpha value is -3.97. The summed E-state index contributed by atoms with van der Waals surface area (Å²) >= 11 is 5.35. The minimum Gasteiger partial charge on any atom is -0.381 e. The van der Waals surface area contributed by atoms with Gasteiger partial charge in [-0.25, -0.2) is 9.07 Å². The molecule has 210 valence electrons. The van der Waals surface area contributed by atoms with Crippen molar-refractivity contribution in [1.82, 2.24) is 20.0 Å². The molecule has 4 rings (SSSR count). The minimum absolute atomic E-state index is 0.0515. The van der Waals surface area contributed by atoms with Gasteiger partial charge < -0.3 is 15.0 Å². The number of thiocarbonyl (C=S) groups is 1. The van der Waals surface area contributed by atoms with E-state index in [1.165, 1.54) is 36.2 Å². The number of halogens is 4. The summed E-state index contributed by atoms with van der Waals surface area (Å²) in [6, 6.07) is 6.23. The third-order valence-electron chi connectivity index (χ3n) is 6.15. The highest BCUT2D eigenvalue weighted by Gasteiger charge is 2.40. The number of fused-ring (bicyclic) bond motifs is 1. The first-order valence-corrected chi connectivity index (χ1v) is 12.7. The van der Waals surface area contributed by atoms with Crippen LogP contribution in [0, 0.1) is 5.82 Å². The monoisotopic (exact) mass is 574 g/mol.